The van der Waals surface area contributed by atoms with E-state index in [0.717, 1.165) is 16.8 Å². The third kappa shape index (κ3) is 3.16. The van der Waals surface area contributed by atoms with Crippen LogP contribution < -0.4 is 0 Å². The Bertz CT molecular complexity index is 538. The summed E-state index contributed by atoms with van der Waals surface area (Å²) in [6, 6.07) is 10.4. The third-order valence-electron chi connectivity index (χ3n) is 3.08. The maximum atomic E-state index is 12.6. The minimum atomic E-state index is 0.157. The quantitative estimate of drug-likeness (QED) is 0.809. The normalized spacial score (nSPS) is 11.5. The molecule has 0 atom stereocenters. The molecule has 1 aromatic heterocycles. The predicted octanol–water partition coefficient (Wildman–Crippen LogP) is 4.41. The van der Waals surface area contributed by atoms with Crippen molar-refractivity contribution in [1.82, 2.24) is 4.90 Å². The van der Waals surface area contributed by atoms with Crippen molar-refractivity contribution in [3.63, 3.8) is 0 Å². The van der Waals surface area contributed by atoms with Gasteiger partial charge in [0.05, 0.1) is 4.88 Å². The van der Waals surface area contributed by atoms with E-state index in [-0.39, 0.29) is 11.9 Å². The van der Waals surface area contributed by atoms with Gasteiger partial charge >= 0.3 is 0 Å². The van der Waals surface area contributed by atoms with Crippen molar-refractivity contribution >= 4 is 27.3 Å². The predicted molar refractivity (Wildman–Crippen MR) is 82.8 cm³/mol. The number of amides is 1. The maximum absolute atomic E-state index is 12.6. The lowest BCUT2D eigenvalue weighted by atomic mass is 10.1. The molecule has 0 aliphatic carbocycles. The third-order valence-corrected chi connectivity index (χ3v) is 4.19. The van der Waals surface area contributed by atoms with Crippen molar-refractivity contribution < 1.29 is 4.79 Å². The standard InChI is InChI=1S/C16H21NOS/c1-11(2)10-17(12(3)4)16(18)15-9-13-7-5-6-8-14(13)19-15/h5-9,11-12H,10H2,1-4H3. The van der Waals surface area contributed by atoms with Crippen LogP contribution in [0.1, 0.15) is 37.4 Å². The molecule has 19 heavy (non-hydrogen) atoms. The summed E-state index contributed by atoms with van der Waals surface area (Å²) in [5, 5.41) is 1.16. The smallest absolute Gasteiger partial charge is 0.264 e. The Labute approximate surface area is 119 Å². The molecular weight excluding hydrogens is 254 g/mol. The van der Waals surface area contributed by atoms with Crippen molar-refractivity contribution in [2.75, 3.05) is 6.54 Å². The van der Waals surface area contributed by atoms with E-state index in [1.807, 2.05) is 23.1 Å². The molecule has 2 rings (SSSR count). The lowest BCUT2D eigenvalue weighted by Crippen LogP contribution is -2.39. The van der Waals surface area contributed by atoms with Crippen LogP contribution in [0.4, 0.5) is 0 Å². The number of hydrogen-bond donors (Lipinski definition) is 0. The van der Waals surface area contributed by atoms with Crippen LogP contribution in [0.5, 0.6) is 0 Å². The second kappa shape index (κ2) is 5.74. The average Bonchev–Trinajstić information content (AvgIpc) is 2.78. The van der Waals surface area contributed by atoms with E-state index in [2.05, 4.69) is 39.8 Å². The van der Waals surface area contributed by atoms with Crippen LogP contribution in [0.15, 0.2) is 30.3 Å². The van der Waals surface area contributed by atoms with Gasteiger partial charge in [-0.15, -0.1) is 11.3 Å². The lowest BCUT2D eigenvalue weighted by molar-refractivity contribution is 0.0687. The molecule has 102 valence electrons. The number of hydrogen-bond acceptors (Lipinski definition) is 2. The second-order valence-electron chi connectivity index (χ2n) is 5.59. The Morgan fingerprint density at radius 1 is 1.21 bits per heavy atom. The summed E-state index contributed by atoms with van der Waals surface area (Å²) in [4.78, 5) is 15.4. The minimum absolute atomic E-state index is 0.157. The zero-order valence-electron chi connectivity index (χ0n) is 12.0. The highest BCUT2D eigenvalue weighted by molar-refractivity contribution is 7.20. The highest BCUT2D eigenvalue weighted by Crippen LogP contribution is 2.27. The lowest BCUT2D eigenvalue weighted by Gasteiger charge is -2.28. The molecule has 0 aliphatic heterocycles. The zero-order chi connectivity index (χ0) is 14.0. The monoisotopic (exact) mass is 275 g/mol. The molecule has 0 aliphatic rings. The number of carbonyl (C=O) groups is 1. The summed E-state index contributed by atoms with van der Waals surface area (Å²) < 4.78 is 1.18. The SMILES string of the molecule is CC(C)CN(C(=O)c1cc2ccccc2s1)C(C)C. The van der Waals surface area contributed by atoms with Gasteiger partial charge in [0.25, 0.3) is 5.91 Å². The van der Waals surface area contributed by atoms with Gasteiger partial charge in [0.1, 0.15) is 0 Å². The van der Waals surface area contributed by atoms with E-state index in [9.17, 15) is 4.79 Å². The van der Waals surface area contributed by atoms with Crippen molar-refractivity contribution in [3.8, 4) is 0 Å². The molecule has 0 spiro atoms. The first-order valence-electron chi connectivity index (χ1n) is 6.78. The molecule has 0 saturated carbocycles. The van der Waals surface area contributed by atoms with Gasteiger partial charge in [-0.1, -0.05) is 32.0 Å². The molecule has 1 aromatic carbocycles. The summed E-state index contributed by atoms with van der Waals surface area (Å²) in [7, 11) is 0. The Hall–Kier alpha value is -1.35. The molecule has 0 unspecified atom stereocenters. The molecule has 0 bridgehead atoms. The Balaban J connectivity index is 2.30. The summed E-state index contributed by atoms with van der Waals surface area (Å²) >= 11 is 1.59. The first kappa shape index (κ1) is 14.1. The van der Waals surface area contributed by atoms with Crippen LogP contribution in [0.25, 0.3) is 10.1 Å². The van der Waals surface area contributed by atoms with Gasteiger partial charge in [0.2, 0.25) is 0 Å². The van der Waals surface area contributed by atoms with Crippen LogP contribution in [0.3, 0.4) is 0 Å². The molecule has 0 radical (unpaired) electrons. The number of rotatable bonds is 4. The van der Waals surface area contributed by atoms with Gasteiger partial charge in [-0.25, -0.2) is 0 Å². The largest absolute Gasteiger partial charge is 0.335 e. The van der Waals surface area contributed by atoms with Gasteiger partial charge in [0.15, 0.2) is 0 Å². The van der Waals surface area contributed by atoms with E-state index in [4.69, 9.17) is 0 Å². The summed E-state index contributed by atoms with van der Waals surface area (Å²) in [6.07, 6.45) is 0. The van der Waals surface area contributed by atoms with Crippen LogP contribution in [-0.4, -0.2) is 23.4 Å². The molecule has 0 saturated heterocycles. The number of benzene rings is 1. The van der Waals surface area contributed by atoms with Crippen LogP contribution in [0.2, 0.25) is 0 Å². The topological polar surface area (TPSA) is 20.3 Å². The molecule has 1 amide bonds. The molecule has 0 N–H and O–H groups in total. The van der Waals surface area contributed by atoms with E-state index >= 15 is 0 Å². The first-order chi connectivity index (χ1) is 8.99. The molecule has 2 nitrogen and oxygen atoms in total. The number of carbonyl (C=O) groups excluding carboxylic acids is 1. The molecular formula is C16H21NOS. The van der Waals surface area contributed by atoms with E-state index in [1.165, 1.54) is 4.70 Å². The summed E-state index contributed by atoms with van der Waals surface area (Å²) in [5.74, 6) is 0.644. The van der Waals surface area contributed by atoms with Gasteiger partial charge in [-0.2, -0.15) is 0 Å². The fourth-order valence-corrected chi connectivity index (χ4v) is 3.17. The van der Waals surface area contributed by atoms with E-state index in [1.54, 1.807) is 11.3 Å². The van der Waals surface area contributed by atoms with Crippen molar-refractivity contribution in [3.05, 3.63) is 35.2 Å². The van der Waals surface area contributed by atoms with Gasteiger partial charge in [-0.3, -0.25) is 4.79 Å². The van der Waals surface area contributed by atoms with Crippen LogP contribution >= 0.6 is 11.3 Å². The molecule has 2 aromatic rings. The zero-order valence-corrected chi connectivity index (χ0v) is 12.8. The fraction of sp³-hybridized carbons (Fsp3) is 0.438. The van der Waals surface area contributed by atoms with Crippen molar-refractivity contribution in [2.24, 2.45) is 5.92 Å². The Kier molecular flexibility index (Phi) is 4.25. The molecule has 3 heteroatoms. The number of fused-ring (bicyclic) bond motifs is 1. The van der Waals surface area contributed by atoms with Crippen molar-refractivity contribution in [1.29, 1.82) is 0 Å². The van der Waals surface area contributed by atoms with Crippen LogP contribution in [-0.2, 0) is 0 Å². The summed E-state index contributed by atoms with van der Waals surface area (Å²) in [6.45, 7) is 9.26. The Morgan fingerprint density at radius 2 is 1.89 bits per heavy atom. The first-order valence-corrected chi connectivity index (χ1v) is 7.60. The highest BCUT2D eigenvalue weighted by atomic mass is 32.1. The Morgan fingerprint density at radius 3 is 2.47 bits per heavy atom. The average molecular weight is 275 g/mol. The van der Waals surface area contributed by atoms with E-state index < -0.39 is 0 Å². The molecule has 0 fully saturated rings. The van der Waals surface area contributed by atoms with E-state index in [0.29, 0.717) is 5.92 Å². The van der Waals surface area contributed by atoms with Crippen LogP contribution in [0, 0.1) is 5.92 Å². The van der Waals surface area contributed by atoms with Gasteiger partial charge in [0, 0.05) is 17.3 Å². The number of nitrogens with zero attached hydrogens (tertiary/aromatic N) is 1. The minimum Gasteiger partial charge on any atom is -0.335 e. The molecule has 1 heterocycles. The number of thiophene rings is 1. The van der Waals surface area contributed by atoms with Gasteiger partial charge < -0.3 is 4.90 Å². The highest BCUT2D eigenvalue weighted by Gasteiger charge is 2.21. The maximum Gasteiger partial charge on any atom is 0.264 e. The second-order valence-corrected chi connectivity index (χ2v) is 6.68. The fourth-order valence-electron chi connectivity index (χ4n) is 2.15. The summed E-state index contributed by atoms with van der Waals surface area (Å²) in [5.41, 5.74) is 0. The van der Waals surface area contributed by atoms with Gasteiger partial charge in [-0.05, 0) is 37.3 Å². The van der Waals surface area contributed by atoms with Crippen molar-refractivity contribution in [2.45, 2.75) is 33.7 Å².